The number of nitrogen functional groups attached to an aromatic ring is 1. The van der Waals surface area contributed by atoms with E-state index in [9.17, 15) is 4.79 Å². The van der Waals surface area contributed by atoms with Crippen molar-refractivity contribution in [3.63, 3.8) is 0 Å². The molecule has 0 aliphatic carbocycles. The van der Waals surface area contributed by atoms with E-state index >= 15 is 0 Å². The van der Waals surface area contributed by atoms with Crippen molar-refractivity contribution in [2.45, 2.75) is 6.92 Å². The molecule has 0 atom stereocenters. The van der Waals surface area contributed by atoms with Gasteiger partial charge in [-0.25, -0.2) is 0 Å². The summed E-state index contributed by atoms with van der Waals surface area (Å²) in [5.41, 5.74) is 7.63. The topological polar surface area (TPSA) is 108 Å². The zero-order chi connectivity index (χ0) is 13.1. The Morgan fingerprint density at radius 3 is 2.94 bits per heavy atom. The van der Waals surface area contributed by atoms with E-state index < -0.39 is 0 Å². The molecule has 0 aliphatic rings. The summed E-state index contributed by atoms with van der Waals surface area (Å²) in [5.74, 6) is -0.0647. The third-order valence-electron chi connectivity index (χ3n) is 2.48. The third kappa shape index (κ3) is 2.15. The molecule has 1 aromatic carbocycles. The van der Waals surface area contributed by atoms with E-state index in [0.29, 0.717) is 28.3 Å². The van der Waals surface area contributed by atoms with Gasteiger partial charge in [-0.3, -0.25) is 9.89 Å². The highest BCUT2D eigenvalue weighted by molar-refractivity contribution is 6.05. The van der Waals surface area contributed by atoms with Crippen LogP contribution in [0.1, 0.15) is 21.6 Å². The summed E-state index contributed by atoms with van der Waals surface area (Å²) in [6, 6.07) is 8.37. The van der Waals surface area contributed by atoms with Crippen LogP contribution in [0.5, 0.6) is 0 Å². The second kappa shape index (κ2) is 4.59. The Bertz CT molecular complexity index is 638. The maximum absolute atomic E-state index is 11.9. The van der Waals surface area contributed by atoms with Crippen molar-refractivity contribution < 1.29 is 4.79 Å². The number of aromatic amines is 1. The Hall–Kier alpha value is -2.81. The van der Waals surface area contributed by atoms with E-state index in [-0.39, 0.29) is 5.91 Å². The van der Waals surface area contributed by atoms with Gasteiger partial charge in [0.05, 0.1) is 23.0 Å². The molecule has 2 rings (SSSR count). The van der Waals surface area contributed by atoms with Crippen molar-refractivity contribution in [1.29, 1.82) is 5.26 Å². The van der Waals surface area contributed by atoms with Gasteiger partial charge in [0.1, 0.15) is 0 Å². The molecule has 1 heterocycles. The van der Waals surface area contributed by atoms with Crippen molar-refractivity contribution in [2.75, 3.05) is 11.1 Å². The fourth-order valence-electron chi connectivity index (χ4n) is 1.44. The van der Waals surface area contributed by atoms with E-state index in [0.717, 1.165) is 0 Å². The number of rotatable bonds is 2. The lowest BCUT2D eigenvalue weighted by Crippen LogP contribution is -2.13. The summed E-state index contributed by atoms with van der Waals surface area (Å²) in [5, 5.41) is 17.9. The number of H-pyrrole nitrogens is 1. The van der Waals surface area contributed by atoms with E-state index in [2.05, 4.69) is 15.5 Å². The molecule has 6 nitrogen and oxygen atoms in total. The number of amides is 1. The SMILES string of the molecule is Cc1[nH]nc(NC(=O)c2cccc(C#N)c2)c1N. The Morgan fingerprint density at radius 2 is 2.33 bits per heavy atom. The quantitative estimate of drug-likeness (QED) is 0.738. The van der Waals surface area contributed by atoms with Crippen LogP contribution >= 0.6 is 0 Å². The van der Waals surface area contributed by atoms with Crippen LogP contribution in [-0.2, 0) is 0 Å². The number of benzene rings is 1. The van der Waals surface area contributed by atoms with Crippen molar-refractivity contribution in [3.8, 4) is 6.07 Å². The van der Waals surface area contributed by atoms with Crippen LogP contribution in [0, 0.1) is 18.3 Å². The summed E-state index contributed by atoms with van der Waals surface area (Å²) in [6.45, 7) is 1.76. The van der Waals surface area contributed by atoms with Crippen LogP contribution in [0.3, 0.4) is 0 Å². The first-order valence-electron chi connectivity index (χ1n) is 5.23. The minimum atomic E-state index is -0.356. The summed E-state index contributed by atoms with van der Waals surface area (Å²) in [4.78, 5) is 11.9. The van der Waals surface area contributed by atoms with Crippen molar-refractivity contribution in [3.05, 3.63) is 41.1 Å². The highest BCUT2D eigenvalue weighted by atomic mass is 16.1. The lowest BCUT2D eigenvalue weighted by Gasteiger charge is -2.03. The Morgan fingerprint density at radius 1 is 1.56 bits per heavy atom. The maximum atomic E-state index is 11.9. The van der Waals surface area contributed by atoms with Crippen molar-refractivity contribution in [1.82, 2.24) is 10.2 Å². The highest BCUT2D eigenvalue weighted by Crippen LogP contribution is 2.18. The smallest absolute Gasteiger partial charge is 0.256 e. The third-order valence-corrected chi connectivity index (χ3v) is 2.48. The molecule has 18 heavy (non-hydrogen) atoms. The highest BCUT2D eigenvalue weighted by Gasteiger charge is 2.12. The van der Waals surface area contributed by atoms with Gasteiger partial charge in [0.15, 0.2) is 5.82 Å². The number of carbonyl (C=O) groups excluding carboxylic acids is 1. The average Bonchev–Trinajstić information content (AvgIpc) is 2.71. The van der Waals surface area contributed by atoms with Gasteiger partial charge in [-0.05, 0) is 25.1 Å². The minimum Gasteiger partial charge on any atom is -0.394 e. The van der Waals surface area contributed by atoms with Crippen molar-refractivity contribution in [2.24, 2.45) is 0 Å². The fraction of sp³-hybridized carbons (Fsp3) is 0.0833. The summed E-state index contributed by atoms with van der Waals surface area (Å²) in [7, 11) is 0. The summed E-state index contributed by atoms with van der Waals surface area (Å²) < 4.78 is 0. The monoisotopic (exact) mass is 241 g/mol. The molecule has 1 amide bonds. The number of hydrogen-bond acceptors (Lipinski definition) is 4. The van der Waals surface area contributed by atoms with Gasteiger partial charge in [0, 0.05) is 5.56 Å². The molecule has 0 radical (unpaired) electrons. The van der Waals surface area contributed by atoms with E-state index in [1.54, 1.807) is 25.1 Å². The molecule has 1 aromatic heterocycles. The summed E-state index contributed by atoms with van der Waals surface area (Å²) >= 11 is 0. The van der Waals surface area contributed by atoms with Gasteiger partial charge in [-0.15, -0.1) is 0 Å². The van der Waals surface area contributed by atoms with E-state index in [1.807, 2.05) is 6.07 Å². The maximum Gasteiger partial charge on any atom is 0.256 e. The number of nitrogens with one attached hydrogen (secondary N) is 2. The normalized spacial score (nSPS) is 9.78. The predicted molar refractivity (Wildman–Crippen MR) is 66.8 cm³/mol. The number of hydrogen-bond donors (Lipinski definition) is 3. The lowest BCUT2D eigenvalue weighted by atomic mass is 10.1. The number of nitriles is 1. The van der Waals surface area contributed by atoms with Crippen LogP contribution in [0.2, 0.25) is 0 Å². The molecular weight excluding hydrogens is 230 g/mol. The first-order chi connectivity index (χ1) is 8.61. The van der Waals surface area contributed by atoms with E-state index in [1.165, 1.54) is 6.07 Å². The van der Waals surface area contributed by atoms with Crippen LogP contribution in [0.4, 0.5) is 11.5 Å². The van der Waals surface area contributed by atoms with Crippen LogP contribution in [0.15, 0.2) is 24.3 Å². The molecule has 0 bridgehead atoms. The number of nitrogens with zero attached hydrogens (tertiary/aromatic N) is 2. The Balaban J connectivity index is 2.22. The molecule has 0 unspecified atom stereocenters. The predicted octanol–water partition coefficient (Wildman–Crippen LogP) is 1.42. The van der Waals surface area contributed by atoms with Crippen LogP contribution in [-0.4, -0.2) is 16.1 Å². The van der Waals surface area contributed by atoms with Crippen molar-refractivity contribution >= 4 is 17.4 Å². The van der Waals surface area contributed by atoms with Crippen LogP contribution < -0.4 is 11.1 Å². The molecule has 0 spiro atoms. The van der Waals surface area contributed by atoms with Gasteiger partial charge in [0.2, 0.25) is 0 Å². The van der Waals surface area contributed by atoms with Gasteiger partial charge >= 0.3 is 0 Å². The zero-order valence-electron chi connectivity index (χ0n) is 9.69. The zero-order valence-corrected chi connectivity index (χ0v) is 9.69. The molecule has 0 aliphatic heterocycles. The van der Waals surface area contributed by atoms with Gasteiger partial charge in [-0.1, -0.05) is 6.07 Å². The molecule has 6 heteroatoms. The first kappa shape index (κ1) is 11.7. The molecule has 2 aromatic rings. The average molecular weight is 241 g/mol. The molecule has 0 saturated carbocycles. The number of carbonyl (C=O) groups is 1. The largest absolute Gasteiger partial charge is 0.394 e. The molecule has 4 N–H and O–H groups in total. The number of aromatic nitrogens is 2. The Kier molecular flexibility index (Phi) is 2.98. The van der Waals surface area contributed by atoms with Gasteiger partial charge in [0.25, 0.3) is 5.91 Å². The van der Waals surface area contributed by atoms with E-state index in [4.69, 9.17) is 11.0 Å². The number of anilines is 2. The second-order valence-electron chi connectivity index (χ2n) is 3.76. The number of nitrogens with two attached hydrogens (primary N) is 1. The Labute approximate surface area is 103 Å². The fourth-order valence-corrected chi connectivity index (χ4v) is 1.44. The molecular formula is C12H11N5O. The standard InChI is InChI=1S/C12H11N5O/c1-7-10(14)11(17-16-7)15-12(18)9-4-2-3-8(5-9)6-13/h2-5H,14H2,1H3,(H2,15,16,17,18). The molecule has 90 valence electrons. The second-order valence-corrected chi connectivity index (χ2v) is 3.76. The van der Waals surface area contributed by atoms with Gasteiger partial charge in [-0.2, -0.15) is 10.4 Å². The molecule has 0 saturated heterocycles. The lowest BCUT2D eigenvalue weighted by molar-refractivity contribution is 0.102. The first-order valence-corrected chi connectivity index (χ1v) is 5.23. The minimum absolute atomic E-state index is 0.292. The van der Waals surface area contributed by atoms with Gasteiger partial charge < -0.3 is 11.1 Å². The summed E-state index contributed by atoms with van der Waals surface area (Å²) in [6.07, 6.45) is 0. The molecule has 0 fully saturated rings. The number of aryl methyl sites for hydroxylation is 1. The van der Waals surface area contributed by atoms with Crippen LogP contribution in [0.25, 0.3) is 0 Å².